The van der Waals surface area contributed by atoms with Crippen LogP contribution in [0.25, 0.3) is 0 Å². The van der Waals surface area contributed by atoms with Gasteiger partial charge in [-0.15, -0.1) is 0 Å². The van der Waals surface area contributed by atoms with Crippen molar-refractivity contribution in [3.63, 3.8) is 0 Å². The van der Waals surface area contributed by atoms with Gasteiger partial charge in [0.2, 0.25) is 5.91 Å². The molecule has 0 bridgehead atoms. The molecule has 4 rings (SSSR count). The van der Waals surface area contributed by atoms with Gasteiger partial charge >= 0.3 is 0 Å². The van der Waals surface area contributed by atoms with Gasteiger partial charge in [-0.1, -0.05) is 42.7 Å². The molecule has 2 aromatic rings. The lowest BCUT2D eigenvalue weighted by Crippen LogP contribution is -2.63. The number of amides is 3. The smallest absolute Gasteiger partial charge is 0.272 e. The van der Waals surface area contributed by atoms with E-state index in [4.69, 9.17) is 0 Å². The summed E-state index contributed by atoms with van der Waals surface area (Å²) in [5.74, 6) is -0.850. The zero-order valence-corrected chi connectivity index (χ0v) is 18.3. The van der Waals surface area contributed by atoms with Crippen LogP contribution in [0.4, 0.5) is 0 Å². The molecule has 0 radical (unpaired) electrons. The van der Waals surface area contributed by atoms with Gasteiger partial charge in [-0.2, -0.15) is 5.10 Å². The molecule has 31 heavy (non-hydrogen) atoms. The summed E-state index contributed by atoms with van der Waals surface area (Å²) in [5, 5.41) is 10.3. The van der Waals surface area contributed by atoms with Crippen LogP contribution in [0, 0.1) is 6.92 Å². The van der Waals surface area contributed by atoms with Gasteiger partial charge in [0.25, 0.3) is 11.8 Å². The lowest BCUT2D eigenvalue weighted by atomic mass is 9.95. The van der Waals surface area contributed by atoms with Gasteiger partial charge in [-0.25, -0.2) is 0 Å². The molecule has 2 aliphatic rings. The number of nitrogens with zero attached hydrogens (tertiary/aromatic N) is 3. The van der Waals surface area contributed by atoms with Gasteiger partial charge in [-0.05, 0) is 32.3 Å². The molecular weight excluding hydrogens is 394 g/mol. The fraction of sp³-hybridized carbons (Fsp3) is 0.478. The number of fused-ring (bicyclic) bond motifs is 1. The van der Waals surface area contributed by atoms with Crippen LogP contribution in [0.1, 0.15) is 64.7 Å². The maximum absolute atomic E-state index is 13.0. The zero-order valence-electron chi connectivity index (χ0n) is 18.3. The van der Waals surface area contributed by atoms with Crippen LogP contribution in [-0.4, -0.2) is 51.0 Å². The fourth-order valence-corrected chi connectivity index (χ4v) is 4.23. The number of carbonyl (C=O) groups excluding carboxylic acids is 3. The Hall–Kier alpha value is -3.16. The Morgan fingerprint density at radius 2 is 1.87 bits per heavy atom. The van der Waals surface area contributed by atoms with Crippen LogP contribution in [0.5, 0.6) is 0 Å². The SMILES string of the molecule is Cc1ccc(CNC(=O)c2cc3n(n2)C[C@](C)(C(=O)NC2CCCC2)N(C)C3=O)cc1. The first-order valence-corrected chi connectivity index (χ1v) is 10.8. The van der Waals surface area contributed by atoms with Crippen LogP contribution in [0.3, 0.4) is 0 Å². The minimum atomic E-state index is -1.06. The molecule has 164 valence electrons. The summed E-state index contributed by atoms with van der Waals surface area (Å²) in [5.41, 5.74) is 1.56. The van der Waals surface area contributed by atoms with E-state index < -0.39 is 5.54 Å². The molecule has 1 atom stereocenters. The lowest BCUT2D eigenvalue weighted by molar-refractivity contribution is -0.133. The minimum absolute atomic E-state index is 0.162. The second kappa shape index (κ2) is 8.17. The summed E-state index contributed by atoms with van der Waals surface area (Å²) in [6.07, 6.45) is 4.16. The van der Waals surface area contributed by atoms with Crippen molar-refractivity contribution in [2.45, 2.75) is 64.2 Å². The number of hydrogen-bond acceptors (Lipinski definition) is 4. The molecule has 8 nitrogen and oxygen atoms in total. The van der Waals surface area contributed by atoms with Crippen LogP contribution < -0.4 is 10.6 Å². The highest BCUT2D eigenvalue weighted by molar-refractivity contribution is 6.01. The average molecular weight is 424 g/mol. The highest BCUT2D eigenvalue weighted by Gasteiger charge is 2.46. The number of carbonyl (C=O) groups is 3. The number of benzene rings is 1. The minimum Gasteiger partial charge on any atom is -0.351 e. The van der Waals surface area contributed by atoms with E-state index >= 15 is 0 Å². The average Bonchev–Trinajstić information content (AvgIpc) is 3.41. The van der Waals surface area contributed by atoms with E-state index in [0.29, 0.717) is 12.2 Å². The normalized spacial score (nSPS) is 21.1. The van der Waals surface area contributed by atoms with Gasteiger partial charge in [0.05, 0.1) is 6.54 Å². The summed E-state index contributed by atoms with van der Waals surface area (Å²) in [6, 6.07) is 9.56. The zero-order chi connectivity index (χ0) is 22.2. The van der Waals surface area contributed by atoms with Crippen molar-refractivity contribution in [2.75, 3.05) is 7.05 Å². The Morgan fingerprint density at radius 3 is 2.55 bits per heavy atom. The summed E-state index contributed by atoms with van der Waals surface area (Å²) in [7, 11) is 1.63. The Bertz CT molecular complexity index is 1010. The lowest BCUT2D eigenvalue weighted by Gasteiger charge is -2.41. The van der Waals surface area contributed by atoms with Crippen LogP contribution in [0.2, 0.25) is 0 Å². The third-order valence-electron chi connectivity index (χ3n) is 6.49. The van der Waals surface area contributed by atoms with Gasteiger partial charge in [0.1, 0.15) is 11.2 Å². The van der Waals surface area contributed by atoms with Gasteiger partial charge in [0, 0.05) is 25.7 Å². The number of aryl methyl sites for hydroxylation is 1. The molecule has 8 heteroatoms. The van der Waals surface area contributed by atoms with Crippen molar-refractivity contribution >= 4 is 17.7 Å². The van der Waals surface area contributed by atoms with Crippen LogP contribution >= 0.6 is 0 Å². The quantitative estimate of drug-likeness (QED) is 0.769. The molecule has 1 aromatic heterocycles. The summed E-state index contributed by atoms with van der Waals surface area (Å²) < 4.78 is 1.48. The molecule has 1 fully saturated rings. The highest BCUT2D eigenvalue weighted by atomic mass is 16.2. The molecule has 1 aliphatic carbocycles. The van der Waals surface area contributed by atoms with Gasteiger partial charge in [-0.3, -0.25) is 19.1 Å². The van der Waals surface area contributed by atoms with Crippen molar-refractivity contribution in [1.29, 1.82) is 0 Å². The Labute approximate surface area is 182 Å². The first kappa shape index (κ1) is 21.1. The van der Waals surface area contributed by atoms with Gasteiger partial charge < -0.3 is 15.5 Å². The fourth-order valence-electron chi connectivity index (χ4n) is 4.23. The van der Waals surface area contributed by atoms with Crippen molar-refractivity contribution in [1.82, 2.24) is 25.3 Å². The number of hydrogen-bond donors (Lipinski definition) is 2. The van der Waals surface area contributed by atoms with E-state index in [1.54, 1.807) is 14.0 Å². The monoisotopic (exact) mass is 423 g/mol. The van der Waals surface area contributed by atoms with E-state index in [0.717, 1.165) is 36.8 Å². The molecule has 3 amide bonds. The van der Waals surface area contributed by atoms with Gasteiger partial charge in [0.15, 0.2) is 5.69 Å². The molecule has 0 spiro atoms. The molecule has 1 aliphatic heterocycles. The molecular formula is C23H29N5O3. The number of rotatable bonds is 5. The first-order chi connectivity index (χ1) is 14.8. The predicted octanol–water partition coefficient (Wildman–Crippen LogP) is 2.02. The van der Waals surface area contributed by atoms with Crippen molar-refractivity contribution in [3.05, 3.63) is 52.8 Å². The summed E-state index contributed by atoms with van der Waals surface area (Å²) in [4.78, 5) is 40.1. The second-order valence-corrected chi connectivity index (χ2v) is 8.83. The van der Waals surface area contributed by atoms with E-state index in [1.165, 1.54) is 15.6 Å². The number of likely N-dealkylation sites (N-methyl/N-ethyl adjacent to an activating group) is 1. The maximum Gasteiger partial charge on any atom is 0.272 e. The van der Waals surface area contributed by atoms with Crippen molar-refractivity contribution in [2.24, 2.45) is 0 Å². The van der Waals surface area contributed by atoms with E-state index in [9.17, 15) is 14.4 Å². The van der Waals surface area contributed by atoms with Crippen molar-refractivity contribution in [3.8, 4) is 0 Å². The predicted molar refractivity (Wildman–Crippen MR) is 115 cm³/mol. The molecule has 2 N–H and O–H groups in total. The second-order valence-electron chi connectivity index (χ2n) is 8.83. The summed E-state index contributed by atoms with van der Waals surface area (Å²) in [6.45, 7) is 4.33. The van der Waals surface area contributed by atoms with E-state index in [-0.39, 0.29) is 36.0 Å². The van der Waals surface area contributed by atoms with E-state index in [1.807, 2.05) is 31.2 Å². The molecule has 2 heterocycles. The Kier molecular flexibility index (Phi) is 5.56. The Balaban J connectivity index is 1.48. The maximum atomic E-state index is 13.0. The van der Waals surface area contributed by atoms with E-state index in [2.05, 4.69) is 15.7 Å². The number of nitrogens with one attached hydrogen (secondary N) is 2. The van der Waals surface area contributed by atoms with Crippen LogP contribution in [-0.2, 0) is 17.9 Å². The van der Waals surface area contributed by atoms with Crippen LogP contribution in [0.15, 0.2) is 30.3 Å². The largest absolute Gasteiger partial charge is 0.351 e. The Morgan fingerprint density at radius 1 is 1.19 bits per heavy atom. The molecule has 0 unspecified atom stereocenters. The topological polar surface area (TPSA) is 96.3 Å². The first-order valence-electron chi connectivity index (χ1n) is 10.8. The van der Waals surface area contributed by atoms with Crippen molar-refractivity contribution < 1.29 is 14.4 Å². The molecule has 1 aromatic carbocycles. The molecule has 1 saturated carbocycles. The third kappa shape index (κ3) is 4.06. The highest BCUT2D eigenvalue weighted by Crippen LogP contribution is 2.27. The number of aromatic nitrogens is 2. The molecule has 0 saturated heterocycles. The summed E-state index contributed by atoms with van der Waals surface area (Å²) >= 11 is 0. The standard InChI is InChI=1S/C23H29N5O3/c1-15-8-10-16(11-9-15)13-24-20(29)18-12-19-21(30)27(3)23(2,14-28(19)26-18)22(31)25-17-6-4-5-7-17/h8-12,17H,4-7,13-14H2,1-3H3,(H,24,29)(H,25,31)/t23-/m1/s1. The third-order valence-corrected chi connectivity index (χ3v) is 6.49.